The number of carbonyl (C=O) groups excluding carboxylic acids is 1. The van der Waals surface area contributed by atoms with Crippen molar-refractivity contribution in [3.63, 3.8) is 0 Å². The summed E-state index contributed by atoms with van der Waals surface area (Å²) >= 11 is 0. The van der Waals surface area contributed by atoms with E-state index in [0.717, 1.165) is 45.7 Å². The minimum Gasteiger partial charge on any atom is -0.342 e. The van der Waals surface area contributed by atoms with Crippen molar-refractivity contribution >= 4 is 5.91 Å². The highest BCUT2D eigenvalue weighted by atomic mass is 16.2. The fraction of sp³-hybridized carbons (Fsp3) is 0.692. The number of nitrogens with one attached hydrogen (secondary N) is 1. The standard InChI is InChI=1S/C13H23N5O/c1-16-6-8-18(9-7-16)5-3-4-17(2)13(19)12-10-14-15-11-12/h10-11H,3-9H2,1-2H3,(H,14,15). The first kappa shape index (κ1) is 14.0. The molecule has 0 saturated carbocycles. The third-order valence-corrected chi connectivity index (χ3v) is 3.66. The smallest absolute Gasteiger partial charge is 0.256 e. The van der Waals surface area contributed by atoms with E-state index in [-0.39, 0.29) is 5.91 Å². The number of piperazine rings is 1. The van der Waals surface area contributed by atoms with Gasteiger partial charge in [-0.05, 0) is 20.0 Å². The van der Waals surface area contributed by atoms with Gasteiger partial charge in [-0.3, -0.25) is 9.89 Å². The summed E-state index contributed by atoms with van der Waals surface area (Å²) < 4.78 is 0. The van der Waals surface area contributed by atoms with Gasteiger partial charge in [-0.2, -0.15) is 5.10 Å². The normalized spacial score (nSPS) is 17.6. The van der Waals surface area contributed by atoms with E-state index in [9.17, 15) is 4.79 Å². The van der Waals surface area contributed by atoms with Gasteiger partial charge in [0.1, 0.15) is 0 Å². The van der Waals surface area contributed by atoms with Crippen molar-refractivity contribution in [3.8, 4) is 0 Å². The van der Waals surface area contributed by atoms with Crippen LogP contribution in [0.2, 0.25) is 0 Å². The van der Waals surface area contributed by atoms with Crippen LogP contribution in [0.15, 0.2) is 12.4 Å². The number of carbonyl (C=O) groups is 1. The molecule has 106 valence electrons. The van der Waals surface area contributed by atoms with Crippen LogP contribution in [0.4, 0.5) is 0 Å². The first-order valence-electron chi connectivity index (χ1n) is 6.82. The third kappa shape index (κ3) is 4.04. The van der Waals surface area contributed by atoms with Crippen molar-refractivity contribution in [2.75, 3.05) is 53.4 Å². The molecule has 6 nitrogen and oxygen atoms in total. The van der Waals surface area contributed by atoms with Gasteiger partial charge in [-0.1, -0.05) is 0 Å². The number of hydrogen-bond donors (Lipinski definition) is 1. The van der Waals surface area contributed by atoms with Gasteiger partial charge in [0.05, 0.1) is 11.8 Å². The minimum absolute atomic E-state index is 0.0344. The fourth-order valence-corrected chi connectivity index (χ4v) is 2.29. The van der Waals surface area contributed by atoms with Crippen LogP contribution in [-0.2, 0) is 0 Å². The summed E-state index contributed by atoms with van der Waals surface area (Å²) in [5.74, 6) is 0.0344. The van der Waals surface area contributed by atoms with Crippen LogP contribution in [0.3, 0.4) is 0 Å². The molecule has 0 unspecified atom stereocenters. The molecule has 2 heterocycles. The number of hydrogen-bond acceptors (Lipinski definition) is 4. The third-order valence-electron chi connectivity index (χ3n) is 3.66. The van der Waals surface area contributed by atoms with Gasteiger partial charge < -0.3 is 14.7 Å². The Balaban J connectivity index is 1.66. The van der Waals surface area contributed by atoms with Crippen molar-refractivity contribution in [1.82, 2.24) is 24.9 Å². The van der Waals surface area contributed by atoms with Gasteiger partial charge in [-0.25, -0.2) is 0 Å². The highest BCUT2D eigenvalue weighted by molar-refractivity contribution is 5.93. The first-order chi connectivity index (χ1) is 9.16. The van der Waals surface area contributed by atoms with Crippen LogP contribution in [0.1, 0.15) is 16.8 Å². The lowest BCUT2D eigenvalue weighted by molar-refractivity contribution is 0.0783. The molecular weight excluding hydrogens is 242 g/mol. The zero-order valence-corrected chi connectivity index (χ0v) is 11.8. The molecule has 1 aliphatic heterocycles. The van der Waals surface area contributed by atoms with Gasteiger partial charge in [0, 0.05) is 46.0 Å². The maximum Gasteiger partial charge on any atom is 0.256 e. The Hall–Kier alpha value is -1.40. The van der Waals surface area contributed by atoms with Gasteiger partial charge in [0.25, 0.3) is 5.91 Å². The van der Waals surface area contributed by atoms with E-state index in [1.165, 1.54) is 0 Å². The Kier molecular flexibility index (Phi) is 4.93. The lowest BCUT2D eigenvalue weighted by Gasteiger charge is -2.32. The SMILES string of the molecule is CN1CCN(CCCN(C)C(=O)c2cn[nH]c2)CC1. The van der Waals surface area contributed by atoms with Gasteiger partial charge >= 0.3 is 0 Å². The van der Waals surface area contributed by atoms with Crippen LogP contribution in [-0.4, -0.2) is 84.2 Å². The van der Waals surface area contributed by atoms with E-state index >= 15 is 0 Å². The van der Waals surface area contributed by atoms with Crippen molar-refractivity contribution in [1.29, 1.82) is 0 Å². The summed E-state index contributed by atoms with van der Waals surface area (Å²) in [6.07, 6.45) is 4.22. The zero-order valence-electron chi connectivity index (χ0n) is 11.8. The quantitative estimate of drug-likeness (QED) is 0.821. The molecule has 2 rings (SSSR count). The average Bonchev–Trinajstić information content (AvgIpc) is 2.94. The van der Waals surface area contributed by atoms with E-state index < -0.39 is 0 Å². The predicted molar refractivity (Wildman–Crippen MR) is 74.1 cm³/mol. The number of aromatic nitrogens is 2. The molecule has 1 fully saturated rings. The summed E-state index contributed by atoms with van der Waals surface area (Å²) in [4.78, 5) is 18.6. The zero-order chi connectivity index (χ0) is 13.7. The van der Waals surface area contributed by atoms with E-state index in [2.05, 4.69) is 27.0 Å². The van der Waals surface area contributed by atoms with Gasteiger partial charge in [-0.15, -0.1) is 0 Å². The Morgan fingerprint density at radius 2 is 2.16 bits per heavy atom. The second-order valence-electron chi connectivity index (χ2n) is 5.21. The largest absolute Gasteiger partial charge is 0.342 e. The lowest BCUT2D eigenvalue weighted by Crippen LogP contribution is -2.45. The molecule has 0 aromatic carbocycles. The molecule has 0 bridgehead atoms. The van der Waals surface area contributed by atoms with E-state index in [0.29, 0.717) is 5.56 Å². The average molecular weight is 265 g/mol. The fourth-order valence-electron chi connectivity index (χ4n) is 2.29. The molecule has 1 aliphatic rings. The van der Waals surface area contributed by atoms with E-state index in [4.69, 9.17) is 0 Å². The molecule has 1 aromatic rings. The molecule has 0 radical (unpaired) electrons. The molecule has 0 aliphatic carbocycles. The van der Waals surface area contributed by atoms with Crippen molar-refractivity contribution in [2.45, 2.75) is 6.42 Å². The summed E-state index contributed by atoms with van der Waals surface area (Å²) in [7, 11) is 4.01. The molecule has 6 heteroatoms. The van der Waals surface area contributed by atoms with E-state index in [1.54, 1.807) is 17.3 Å². The molecule has 1 N–H and O–H groups in total. The Morgan fingerprint density at radius 1 is 1.42 bits per heavy atom. The number of H-pyrrole nitrogens is 1. The molecule has 1 amide bonds. The maximum absolute atomic E-state index is 12.0. The molecule has 1 aromatic heterocycles. The van der Waals surface area contributed by atoms with Crippen LogP contribution >= 0.6 is 0 Å². The Morgan fingerprint density at radius 3 is 2.79 bits per heavy atom. The number of rotatable bonds is 5. The first-order valence-corrected chi connectivity index (χ1v) is 6.82. The molecule has 19 heavy (non-hydrogen) atoms. The van der Waals surface area contributed by atoms with Crippen molar-refractivity contribution < 1.29 is 4.79 Å². The molecule has 0 spiro atoms. The minimum atomic E-state index is 0.0344. The number of amides is 1. The van der Waals surface area contributed by atoms with Crippen LogP contribution in [0.25, 0.3) is 0 Å². The van der Waals surface area contributed by atoms with Gasteiger partial charge in [0.15, 0.2) is 0 Å². The van der Waals surface area contributed by atoms with E-state index in [1.807, 2.05) is 7.05 Å². The van der Waals surface area contributed by atoms with Crippen LogP contribution < -0.4 is 0 Å². The Bertz CT molecular complexity index is 384. The highest BCUT2D eigenvalue weighted by Gasteiger charge is 2.15. The van der Waals surface area contributed by atoms with Gasteiger partial charge in [0.2, 0.25) is 0 Å². The lowest BCUT2D eigenvalue weighted by atomic mass is 10.2. The number of nitrogens with zero attached hydrogens (tertiary/aromatic N) is 4. The summed E-state index contributed by atoms with van der Waals surface area (Å²) in [5.41, 5.74) is 0.627. The van der Waals surface area contributed by atoms with Crippen LogP contribution in [0, 0.1) is 0 Å². The molecule has 0 atom stereocenters. The summed E-state index contributed by atoms with van der Waals surface area (Å²) in [6.45, 7) is 6.41. The summed E-state index contributed by atoms with van der Waals surface area (Å²) in [6, 6.07) is 0. The molecule has 1 saturated heterocycles. The number of likely N-dealkylation sites (N-methyl/N-ethyl adjacent to an activating group) is 1. The second kappa shape index (κ2) is 6.68. The topological polar surface area (TPSA) is 55.5 Å². The number of aromatic amines is 1. The molecular formula is C13H23N5O. The predicted octanol–water partition coefficient (Wildman–Crippen LogP) is 0.119. The monoisotopic (exact) mass is 265 g/mol. The maximum atomic E-state index is 12.0. The summed E-state index contributed by atoms with van der Waals surface area (Å²) in [5, 5.41) is 6.47. The van der Waals surface area contributed by atoms with Crippen molar-refractivity contribution in [2.24, 2.45) is 0 Å². The Labute approximate surface area is 114 Å². The van der Waals surface area contributed by atoms with Crippen LogP contribution in [0.5, 0.6) is 0 Å². The van der Waals surface area contributed by atoms with Crippen molar-refractivity contribution in [3.05, 3.63) is 18.0 Å². The second-order valence-corrected chi connectivity index (χ2v) is 5.21. The highest BCUT2D eigenvalue weighted by Crippen LogP contribution is 2.03.